The minimum absolute atomic E-state index is 0.745. The van der Waals surface area contributed by atoms with Gasteiger partial charge in [0.25, 0.3) is 0 Å². The van der Waals surface area contributed by atoms with E-state index in [9.17, 15) is 5.11 Å². The predicted molar refractivity (Wildman–Crippen MR) is 62.1 cm³/mol. The van der Waals surface area contributed by atoms with E-state index in [0.29, 0.717) is 0 Å². The molecule has 2 nitrogen and oxygen atoms in total. The lowest BCUT2D eigenvalue weighted by Crippen LogP contribution is -2.20. The van der Waals surface area contributed by atoms with Gasteiger partial charge in [0.1, 0.15) is 5.75 Å². The highest BCUT2D eigenvalue weighted by Crippen LogP contribution is 2.28. The minimum atomic E-state index is -0.745. The maximum Gasteiger partial charge on any atom is 0.119 e. The molecule has 0 aliphatic carbocycles. The van der Waals surface area contributed by atoms with Gasteiger partial charge in [-0.25, -0.2) is 0 Å². The maximum atomic E-state index is 10.3. The molecule has 1 rings (SSSR count). The van der Waals surface area contributed by atoms with Crippen LogP contribution >= 0.6 is 0 Å². The molecule has 0 spiro atoms. The summed E-state index contributed by atoms with van der Waals surface area (Å²) < 4.78 is 5.14. The summed E-state index contributed by atoms with van der Waals surface area (Å²) in [5.41, 5.74) is 0.181. The quantitative estimate of drug-likeness (QED) is 0.805. The number of benzene rings is 1. The number of ether oxygens (including phenoxy) is 1. The lowest BCUT2D eigenvalue weighted by atomic mass is 9.90. The number of rotatable bonds is 5. The average molecular weight is 208 g/mol. The summed E-state index contributed by atoms with van der Waals surface area (Å²) in [7, 11) is 1.64. The summed E-state index contributed by atoms with van der Waals surface area (Å²) in [4.78, 5) is 0. The van der Waals surface area contributed by atoms with Crippen LogP contribution in [0.4, 0.5) is 0 Å². The zero-order chi connectivity index (χ0) is 11.3. The molecule has 1 unspecified atom stereocenters. The van der Waals surface area contributed by atoms with Gasteiger partial charge >= 0.3 is 0 Å². The van der Waals surface area contributed by atoms with Gasteiger partial charge in [0.2, 0.25) is 0 Å². The van der Waals surface area contributed by atoms with E-state index in [1.54, 1.807) is 7.11 Å². The van der Waals surface area contributed by atoms with Crippen molar-refractivity contribution in [2.75, 3.05) is 7.11 Å². The van der Waals surface area contributed by atoms with Crippen LogP contribution < -0.4 is 4.74 Å². The molecule has 0 amide bonds. The van der Waals surface area contributed by atoms with Crippen molar-refractivity contribution >= 4 is 0 Å². The summed E-state index contributed by atoms with van der Waals surface area (Å²) in [6.45, 7) is 3.99. The molecule has 0 aliphatic heterocycles. The molecule has 1 atom stereocenters. The third-order valence-electron chi connectivity index (χ3n) is 2.71. The molecule has 0 radical (unpaired) electrons. The van der Waals surface area contributed by atoms with Gasteiger partial charge in [-0.2, -0.15) is 0 Å². The highest BCUT2D eigenvalue weighted by Gasteiger charge is 2.22. The van der Waals surface area contributed by atoms with Crippen molar-refractivity contribution in [3.8, 4) is 5.75 Å². The van der Waals surface area contributed by atoms with Gasteiger partial charge < -0.3 is 9.84 Å². The lowest BCUT2D eigenvalue weighted by molar-refractivity contribution is 0.0451. The van der Waals surface area contributed by atoms with Crippen molar-refractivity contribution in [2.24, 2.45) is 0 Å². The fourth-order valence-corrected chi connectivity index (χ4v) is 1.62. The third kappa shape index (κ3) is 3.24. The molecule has 15 heavy (non-hydrogen) atoms. The van der Waals surface area contributed by atoms with Gasteiger partial charge in [-0.05, 0) is 31.0 Å². The second kappa shape index (κ2) is 5.17. The zero-order valence-electron chi connectivity index (χ0n) is 9.79. The number of methoxy groups -OCH3 is 1. The third-order valence-corrected chi connectivity index (χ3v) is 2.71. The fourth-order valence-electron chi connectivity index (χ4n) is 1.62. The topological polar surface area (TPSA) is 29.5 Å². The lowest BCUT2D eigenvalue weighted by Gasteiger charge is -2.24. The van der Waals surface area contributed by atoms with Crippen molar-refractivity contribution in [3.05, 3.63) is 29.8 Å². The van der Waals surface area contributed by atoms with Crippen LogP contribution in [0, 0.1) is 0 Å². The van der Waals surface area contributed by atoms with E-state index < -0.39 is 5.60 Å². The standard InChI is InChI=1S/C13H20O2/c1-4-5-9-13(2,14)11-7-6-8-12(10-11)15-3/h6-8,10,14H,4-5,9H2,1-3H3. The molecule has 0 saturated carbocycles. The van der Waals surface area contributed by atoms with E-state index in [0.717, 1.165) is 30.6 Å². The Bertz CT molecular complexity index is 305. The van der Waals surface area contributed by atoms with Crippen LogP contribution in [0.5, 0.6) is 5.75 Å². The maximum absolute atomic E-state index is 10.3. The Morgan fingerprint density at radius 1 is 1.40 bits per heavy atom. The summed E-state index contributed by atoms with van der Waals surface area (Å²) >= 11 is 0. The molecule has 1 aromatic rings. The molecule has 0 saturated heterocycles. The van der Waals surface area contributed by atoms with E-state index in [1.165, 1.54) is 0 Å². The highest BCUT2D eigenvalue weighted by atomic mass is 16.5. The molecule has 0 aliphatic rings. The fraction of sp³-hybridized carbons (Fsp3) is 0.538. The SMILES string of the molecule is CCCCC(C)(O)c1cccc(OC)c1. The minimum Gasteiger partial charge on any atom is -0.497 e. The van der Waals surface area contributed by atoms with E-state index in [-0.39, 0.29) is 0 Å². The Morgan fingerprint density at radius 2 is 2.13 bits per heavy atom. The van der Waals surface area contributed by atoms with E-state index >= 15 is 0 Å². The molecular weight excluding hydrogens is 188 g/mol. The number of unbranched alkanes of at least 4 members (excludes halogenated alkanes) is 1. The normalized spacial score (nSPS) is 14.7. The average Bonchev–Trinajstić information content (AvgIpc) is 2.26. The molecule has 1 aromatic carbocycles. The first-order chi connectivity index (χ1) is 7.10. The molecular formula is C13H20O2. The molecule has 0 heterocycles. The Kier molecular flexibility index (Phi) is 4.15. The van der Waals surface area contributed by atoms with E-state index in [4.69, 9.17) is 4.74 Å². The van der Waals surface area contributed by atoms with Crippen molar-refractivity contribution in [3.63, 3.8) is 0 Å². The Hall–Kier alpha value is -1.02. The molecule has 2 heteroatoms. The molecule has 0 aromatic heterocycles. The largest absolute Gasteiger partial charge is 0.497 e. The number of hydrogen-bond donors (Lipinski definition) is 1. The highest BCUT2D eigenvalue weighted by molar-refractivity contribution is 5.31. The Morgan fingerprint density at radius 3 is 2.73 bits per heavy atom. The van der Waals surface area contributed by atoms with Gasteiger partial charge in [-0.1, -0.05) is 31.9 Å². The Balaban J connectivity index is 2.83. The second-order valence-corrected chi connectivity index (χ2v) is 4.11. The summed E-state index contributed by atoms with van der Waals surface area (Å²) in [6.07, 6.45) is 2.92. The first kappa shape index (κ1) is 12.1. The summed E-state index contributed by atoms with van der Waals surface area (Å²) in [6, 6.07) is 7.64. The van der Waals surface area contributed by atoms with Crippen LogP contribution in [0.2, 0.25) is 0 Å². The Labute approximate surface area is 91.9 Å². The van der Waals surface area contributed by atoms with Gasteiger partial charge in [0, 0.05) is 0 Å². The predicted octanol–water partition coefficient (Wildman–Crippen LogP) is 3.09. The van der Waals surface area contributed by atoms with E-state index in [1.807, 2.05) is 31.2 Å². The molecule has 0 bridgehead atoms. The molecule has 1 N–H and O–H groups in total. The van der Waals surface area contributed by atoms with Gasteiger partial charge in [0.05, 0.1) is 12.7 Å². The second-order valence-electron chi connectivity index (χ2n) is 4.11. The van der Waals surface area contributed by atoms with Crippen LogP contribution in [0.25, 0.3) is 0 Å². The zero-order valence-corrected chi connectivity index (χ0v) is 9.79. The van der Waals surface area contributed by atoms with E-state index in [2.05, 4.69) is 6.92 Å². The monoisotopic (exact) mass is 208 g/mol. The molecule has 0 fully saturated rings. The van der Waals surface area contributed by atoms with Crippen molar-refractivity contribution in [2.45, 2.75) is 38.7 Å². The first-order valence-electron chi connectivity index (χ1n) is 5.47. The molecule has 84 valence electrons. The summed E-state index contributed by atoms with van der Waals surface area (Å²) in [5.74, 6) is 0.796. The van der Waals surface area contributed by atoms with Crippen LogP contribution in [0.1, 0.15) is 38.7 Å². The van der Waals surface area contributed by atoms with Crippen molar-refractivity contribution < 1.29 is 9.84 Å². The van der Waals surface area contributed by atoms with Crippen molar-refractivity contribution in [1.82, 2.24) is 0 Å². The van der Waals surface area contributed by atoms with Gasteiger partial charge in [-0.15, -0.1) is 0 Å². The summed E-state index contributed by atoms with van der Waals surface area (Å²) in [5, 5.41) is 10.3. The van der Waals surface area contributed by atoms with Gasteiger partial charge in [0.15, 0.2) is 0 Å². The van der Waals surface area contributed by atoms with Crippen LogP contribution in [0.15, 0.2) is 24.3 Å². The van der Waals surface area contributed by atoms with Gasteiger partial charge in [-0.3, -0.25) is 0 Å². The number of aliphatic hydroxyl groups is 1. The number of hydrogen-bond acceptors (Lipinski definition) is 2. The smallest absolute Gasteiger partial charge is 0.119 e. The van der Waals surface area contributed by atoms with Crippen molar-refractivity contribution in [1.29, 1.82) is 0 Å². The van der Waals surface area contributed by atoms with Crippen LogP contribution in [-0.2, 0) is 5.60 Å². The van der Waals surface area contributed by atoms with Crippen LogP contribution in [-0.4, -0.2) is 12.2 Å². The van der Waals surface area contributed by atoms with Crippen LogP contribution in [0.3, 0.4) is 0 Å². The first-order valence-corrected chi connectivity index (χ1v) is 5.47.